The third kappa shape index (κ3) is 4.99. The van der Waals surface area contributed by atoms with Crippen LogP contribution in [-0.4, -0.2) is 23.1 Å². The Morgan fingerprint density at radius 3 is 1.95 bits per heavy atom. The van der Waals surface area contributed by atoms with Crippen LogP contribution in [0, 0.1) is 11.8 Å². The molecule has 0 bridgehead atoms. The van der Waals surface area contributed by atoms with Gasteiger partial charge in [-0.2, -0.15) is 0 Å². The molecule has 0 atom stereocenters. The van der Waals surface area contributed by atoms with Gasteiger partial charge in [0.2, 0.25) is 0 Å². The average molecular weight is 278 g/mol. The highest BCUT2D eigenvalue weighted by Gasteiger charge is 2.21. The van der Waals surface area contributed by atoms with E-state index in [9.17, 15) is 0 Å². The fourth-order valence-corrected chi connectivity index (χ4v) is 2.09. The lowest BCUT2D eigenvalue weighted by Gasteiger charge is -2.29. The number of anilines is 2. The molecule has 0 aromatic carbocycles. The van der Waals surface area contributed by atoms with Crippen LogP contribution in [0.2, 0.25) is 0 Å². The number of nitrogens with two attached hydrogens (primary N) is 1. The second-order valence-corrected chi connectivity index (χ2v) is 7.42. The van der Waals surface area contributed by atoms with Crippen molar-refractivity contribution in [2.45, 2.75) is 53.9 Å². The molecule has 0 spiro atoms. The van der Waals surface area contributed by atoms with Crippen molar-refractivity contribution >= 4 is 11.6 Å². The number of nitrogen functional groups attached to an aromatic ring is 1. The molecule has 4 nitrogen and oxygen atoms in total. The van der Waals surface area contributed by atoms with E-state index in [1.807, 2.05) is 6.07 Å². The van der Waals surface area contributed by atoms with Gasteiger partial charge in [-0.3, -0.25) is 0 Å². The van der Waals surface area contributed by atoms with Crippen molar-refractivity contribution in [1.82, 2.24) is 9.97 Å². The highest BCUT2D eigenvalue weighted by atomic mass is 15.2. The predicted molar refractivity (Wildman–Crippen MR) is 87.0 cm³/mol. The summed E-state index contributed by atoms with van der Waals surface area (Å²) in [5, 5.41) is 0. The van der Waals surface area contributed by atoms with Gasteiger partial charge in [-0.05, 0) is 11.8 Å². The van der Waals surface area contributed by atoms with Crippen molar-refractivity contribution in [3.05, 3.63) is 11.9 Å². The highest BCUT2D eigenvalue weighted by molar-refractivity contribution is 5.47. The molecular formula is C16H30N4. The van der Waals surface area contributed by atoms with Crippen LogP contribution < -0.4 is 10.6 Å². The topological polar surface area (TPSA) is 55.0 Å². The van der Waals surface area contributed by atoms with Crippen molar-refractivity contribution in [3.8, 4) is 0 Å². The fourth-order valence-electron chi connectivity index (χ4n) is 2.09. The molecular weight excluding hydrogens is 248 g/mol. The first-order valence-corrected chi connectivity index (χ1v) is 7.49. The van der Waals surface area contributed by atoms with Crippen LogP contribution in [0.3, 0.4) is 0 Å². The Morgan fingerprint density at radius 1 is 1.05 bits per heavy atom. The summed E-state index contributed by atoms with van der Waals surface area (Å²) >= 11 is 0. The Bertz CT molecular complexity index is 423. The summed E-state index contributed by atoms with van der Waals surface area (Å²) in [5.41, 5.74) is 5.89. The lowest BCUT2D eigenvalue weighted by atomic mass is 9.96. The van der Waals surface area contributed by atoms with Gasteiger partial charge in [0.15, 0.2) is 0 Å². The molecule has 1 aromatic heterocycles. The zero-order valence-corrected chi connectivity index (χ0v) is 14.1. The number of hydrogen-bond acceptors (Lipinski definition) is 4. The molecule has 0 saturated heterocycles. The standard InChI is InChI=1S/C16H30N4/c1-11(2)9-20(10-12(3)4)14-8-13(17)18-15(19-14)16(5,6)7/h8,11-12H,9-10H2,1-7H3,(H2,17,18,19). The summed E-state index contributed by atoms with van der Waals surface area (Å²) in [5.74, 6) is 3.48. The van der Waals surface area contributed by atoms with Crippen molar-refractivity contribution in [3.63, 3.8) is 0 Å². The summed E-state index contributed by atoms with van der Waals surface area (Å²) in [6.07, 6.45) is 0. The molecule has 114 valence electrons. The molecule has 1 rings (SSSR count). The molecule has 0 aliphatic heterocycles. The molecule has 1 heterocycles. The Hall–Kier alpha value is -1.32. The lowest BCUT2D eigenvalue weighted by Crippen LogP contribution is -2.33. The third-order valence-electron chi connectivity index (χ3n) is 2.90. The summed E-state index contributed by atoms with van der Waals surface area (Å²) in [6.45, 7) is 17.2. The van der Waals surface area contributed by atoms with E-state index in [1.54, 1.807) is 0 Å². The number of rotatable bonds is 5. The van der Waals surface area contributed by atoms with Crippen molar-refractivity contribution in [2.24, 2.45) is 11.8 Å². The molecule has 0 unspecified atom stereocenters. The van der Waals surface area contributed by atoms with Crippen molar-refractivity contribution < 1.29 is 0 Å². The van der Waals surface area contributed by atoms with E-state index in [2.05, 4.69) is 58.4 Å². The zero-order chi connectivity index (χ0) is 15.5. The zero-order valence-electron chi connectivity index (χ0n) is 14.1. The van der Waals surface area contributed by atoms with Crippen LogP contribution in [0.1, 0.15) is 54.3 Å². The average Bonchev–Trinajstić information content (AvgIpc) is 2.24. The van der Waals surface area contributed by atoms with Crippen LogP contribution in [-0.2, 0) is 5.41 Å². The smallest absolute Gasteiger partial charge is 0.138 e. The maximum absolute atomic E-state index is 5.98. The molecule has 2 N–H and O–H groups in total. The number of nitrogens with zero attached hydrogens (tertiary/aromatic N) is 3. The van der Waals surface area contributed by atoms with E-state index in [4.69, 9.17) is 10.7 Å². The molecule has 4 heteroatoms. The molecule has 0 radical (unpaired) electrons. The van der Waals surface area contributed by atoms with Gasteiger partial charge in [-0.25, -0.2) is 9.97 Å². The van der Waals surface area contributed by atoms with Gasteiger partial charge in [0, 0.05) is 24.6 Å². The summed E-state index contributed by atoms with van der Waals surface area (Å²) in [4.78, 5) is 11.5. The molecule has 0 fully saturated rings. The minimum atomic E-state index is -0.0918. The van der Waals surface area contributed by atoms with Crippen LogP contribution in [0.15, 0.2) is 6.07 Å². The van der Waals surface area contributed by atoms with Crippen LogP contribution >= 0.6 is 0 Å². The van der Waals surface area contributed by atoms with E-state index < -0.39 is 0 Å². The van der Waals surface area contributed by atoms with Crippen molar-refractivity contribution in [2.75, 3.05) is 23.7 Å². The van der Waals surface area contributed by atoms with Crippen LogP contribution in [0.4, 0.5) is 11.6 Å². The van der Waals surface area contributed by atoms with E-state index in [1.165, 1.54) is 0 Å². The van der Waals surface area contributed by atoms with Crippen LogP contribution in [0.25, 0.3) is 0 Å². The first-order chi connectivity index (χ1) is 9.09. The number of aromatic nitrogens is 2. The van der Waals surface area contributed by atoms with Gasteiger partial charge >= 0.3 is 0 Å². The van der Waals surface area contributed by atoms with E-state index in [0.717, 1.165) is 24.7 Å². The molecule has 0 saturated carbocycles. The molecule has 0 amide bonds. The first kappa shape index (κ1) is 16.7. The Labute approximate surface area is 123 Å². The van der Waals surface area contributed by atoms with Gasteiger partial charge in [0.25, 0.3) is 0 Å². The first-order valence-electron chi connectivity index (χ1n) is 7.49. The SMILES string of the molecule is CC(C)CN(CC(C)C)c1cc(N)nc(C(C)(C)C)n1. The second kappa shape index (κ2) is 6.42. The van der Waals surface area contributed by atoms with Gasteiger partial charge in [-0.1, -0.05) is 48.5 Å². The predicted octanol–water partition coefficient (Wildman–Crippen LogP) is 3.47. The van der Waals surface area contributed by atoms with Gasteiger partial charge in [0.1, 0.15) is 17.5 Å². The quantitative estimate of drug-likeness (QED) is 0.896. The van der Waals surface area contributed by atoms with Crippen molar-refractivity contribution in [1.29, 1.82) is 0 Å². The van der Waals surface area contributed by atoms with E-state index >= 15 is 0 Å². The summed E-state index contributed by atoms with van der Waals surface area (Å²) < 4.78 is 0. The highest BCUT2D eigenvalue weighted by Crippen LogP contribution is 2.24. The van der Waals surface area contributed by atoms with Gasteiger partial charge < -0.3 is 10.6 Å². The monoisotopic (exact) mass is 278 g/mol. The Balaban J connectivity index is 3.15. The molecule has 0 aliphatic rings. The molecule has 1 aromatic rings. The second-order valence-electron chi connectivity index (χ2n) is 7.42. The van der Waals surface area contributed by atoms with E-state index in [-0.39, 0.29) is 5.41 Å². The maximum Gasteiger partial charge on any atom is 0.138 e. The maximum atomic E-state index is 5.98. The van der Waals surface area contributed by atoms with E-state index in [0.29, 0.717) is 17.7 Å². The van der Waals surface area contributed by atoms with Crippen LogP contribution in [0.5, 0.6) is 0 Å². The minimum absolute atomic E-state index is 0.0918. The third-order valence-corrected chi connectivity index (χ3v) is 2.90. The lowest BCUT2D eigenvalue weighted by molar-refractivity contribution is 0.529. The Morgan fingerprint density at radius 2 is 1.55 bits per heavy atom. The van der Waals surface area contributed by atoms with Gasteiger partial charge in [0.05, 0.1) is 0 Å². The number of hydrogen-bond donors (Lipinski definition) is 1. The normalized spacial score (nSPS) is 12.2. The fraction of sp³-hybridized carbons (Fsp3) is 0.750. The van der Waals surface area contributed by atoms with Gasteiger partial charge in [-0.15, -0.1) is 0 Å². The molecule has 20 heavy (non-hydrogen) atoms. The Kier molecular flexibility index (Phi) is 5.37. The molecule has 0 aliphatic carbocycles. The minimum Gasteiger partial charge on any atom is -0.384 e. The largest absolute Gasteiger partial charge is 0.384 e. The summed E-state index contributed by atoms with van der Waals surface area (Å²) in [6, 6.07) is 1.89. The summed E-state index contributed by atoms with van der Waals surface area (Å²) in [7, 11) is 0.